The summed E-state index contributed by atoms with van der Waals surface area (Å²) >= 11 is 5.85. The van der Waals surface area contributed by atoms with Crippen LogP contribution >= 0.6 is 11.6 Å². The van der Waals surface area contributed by atoms with Crippen LogP contribution < -0.4 is 20.1 Å². The first kappa shape index (κ1) is 23.8. The number of hydrogen-bond acceptors (Lipinski definition) is 5. The van der Waals surface area contributed by atoms with Crippen LogP contribution in [0.5, 0.6) is 11.5 Å². The van der Waals surface area contributed by atoms with E-state index in [-0.39, 0.29) is 24.8 Å². The Balaban J connectivity index is 1.41. The number of carbonyl (C=O) groups excluding carboxylic acids is 3. The number of halogens is 1. The van der Waals surface area contributed by atoms with Gasteiger partial charge in [0.15, 0.2) is 12.4 Å². The van der Waals surface area contributed by atoms with Gasteiger partial charge in [0.25, 0.3) is 5.91 Å². The average Bonchev–Trinajstić information content (AvgIpc) is 2.83. The van der Waals surface area contributed by atoms with Gasteiger partial charge < -0.3 is 20.1 Å². The second kappa shape index (κ2) is 11.7. The number of rotatable bonds is 10. The molecule has 170 valence electrons. The normalized spacial score (nSPS) is 10.2. The number of ketones is 1. The zero-order chi connectivity index (χ0) is 23.6. The van der Waals surface area contributed by atoms with E-state index in [2.05, 4.69) is 10.6 Å². The monoisotopic (exact) mass is 466 g/mol. The fraction of sp³-hybridized carbons (Fsp3) is 0.160. The third kappa shape index (κ3) is 7.36. The SMILES string of the molecule is CCOc1ccc(NC(=O)CNC(=O)COc2ccc(C(=O)c3ccc(Cl)cc3)cc2)cc1. The third-order valence-electron chi connectivity index (χ3n) is 4.49. The summed E-state index contributed by atoms with van der Waals surface area (Å²) in [4.78, 5) is 36.5. The van der Waals surface area contributed by atoms with Crippen molar-refractivity contribution < 1.29 is 23.9 Å². The molecular formula is C25H23ClN2O5. The van der Waals surface area contributed by atoms with Gasteiger partial charge in [-0.2, -0.15) is 0 Å². The number of benzene rings is 3. The first-order valence-corrected chi connectivity index (χ1v) is 10.6. The van der Waals surface area contributed by atoms with Crippen molar-refractivity contribution in [2.45, 2.75) is 6.92 Å². The quantitative estimate of drug-likeness (QED) is 0.439. The maximum atomic E-state index is 12.5. The molecule has 0 unspecified atom stereocenters. The highest BCUT2D eigenvalue weighted by molar-refractivity contribution is 6.30. The molecular weight excluding hydrogens is 444 g/mol. The molecule has 3 aromatic carbocycles. The molecule has 8 heteroatoms. The van der Waals surface area contributed by atoms with E-state index in [1.54, 1.807) is 72.8 Å². The van der Waals surface area contributed by atoms with E-state index >= 15 is 0 Å². The lowest BCUT2D eigenvalue weighted by Crippen LogP contribution is -2.35. The lowest BCUT2D eigenvalue weighted by molar-refractivity contribution is -0.125. The summed E-state index contributed by atoms with van der Waals surface area (Å²) in [6.45, 7) is 2.00. The lowest BCUT2D eigenvalue weighted by Gasteiger charge is -2.09. The number of ether oxygens (including phenoxy) is 2. The fourth-order valence-electron chi connectivity index (χ4n) is 2.86. The van der Waals surface area contributed by atoms with Crippen molar-refractivity contribution in [1.82, 2.24) is 5.32 Å². The van der Waals surface area contributed by atoms with Gasteiger partial charge in [-0.05, 0) is 79.7 Å². The minimum atomic E-state index is -0.446. The molecule has 0 aliphatic heterocycles. The van der Waals surface area contributed by atoms with Gasteiger partial charge in [-0.15, -0.1) is 0 Å². The Morgan fingerprint density at radius 3 is 1.91 bits per heavy atom. The molecule has 0 aromatic heterocycles. The number of amides is 2. The van der Waals surface area contributed by atoms with Crippen LogP contribution in [-0.2, 0) is 9.59 Å². The van der Waals surface area contributed by atoms with Crippen LogP contribution in [0.1, 0.15) is 22.8 Å². The van der Waals surface area contributed by atoms with Crippen LogP contribution in [-0.4, -0.2) is 37.4 Å². The Kier molecular flexibility index (Phi) is 8.43. The van der Waals surface area contributed by atoms with Gasteiger partial charge in [-0.1, -0.05) is 11.6 Å². The second-order valence-electron chi connectivity index (χ2n) is 6.93. The molecule has 0 radical (unpaired) electrons. The summed E-state index contributed by atoms with van der Waals surface area (Å²) in [5.41, 5.74) is 1.61. The highest BCUT2D eigenvalue weighted by Gasteiger charge is 2.10. The predicted molar refractivity (Wildman–Crippen MR) is 126 cm³/mol. The summed E-state index contributed by atoms with van der Waals surface area (Å²) < 4.78 is 10.8. The van der Waals surface area contributed by atoms with Crippen molar-refractivity contribution in [1.29, 1.82) is 0 Å². The molecule has 0 fully saturated rings. The molecule has 33 heavy (non-hydrogen) atoms. The van der Waals surface area contributed by atoms with Gasteiger partial charge in [-0.3, -0.25) is 14.4 Å². The van der Waals surface area contributed by atoms with Crippen LogP contribution in [0.3, 0.4) is 0 Å². The van der Waals surface area contributed by atoms with Crippen molar-refractivity contribution in [3.05, 3.63) is 88.9 Å². The summed E-state index contributed by atoms with van der Waals surface area (Å²) in [7, 11) is 0. The molecule has 0 atom stereocenters. The topological polar surface area (TPSA) is 93.7 Å². The van der Waals surface area contributed by atoms with Crippen LogP contribution in [0.25, 0.3) is 0 Å². The highest BCUT2D eigenvalue weighted by atomic mass is 35.5. The molecule has 0 aliphatic carbocycles. The van der Waals surface area contributed by atoms with E-state index in [9.17, 15) is 14.4 Å². The standard InChI is InChI=1S/C25H23ClN2O5/c1-2-32-21-13-9-20(10-14-21)28-23(29)15-27-24(30)16-33-22-11-5-18(6-12-22)25(31)17-3-7-19(26)8-4-17/h3-14H,2,15-16H2,1H3,(H,27,30)(H,28,29). The summed E-state index contributed by atoms with van der Waals surface area (Å²) in [6.07, 6.45) is 0. The van der Waals surface area contributed by atoms with Gasteiger partial charge in [-0.25, -0.2) is 0 Å². The molecule has 3 aromatic rings. The number of carbonyl (C=O) groups is 3. The van der Waals surface area contributed by atoms with Gasteiger partial charge >= 0.3 is 0 Å². The van der Waals surface area contributed by atoms with Crippen molar-refractivity contribution in [2.75, 3.05) is 25.1 Å². The smallest absolute Gasteiger partial charge is 0.258 e. The molecule has 0 bridgehead atoms. The van der Waals surface area contributed by atoms with Crippen molar-refractivity contribution in [2.24, 2.45) is 0 Å². The molecule has 2 amide bonds. The molecule has 7 nitrogen and oxygen atoms in total. The Hall–Kier alpha value is -3.84. The molecule has 0 saturated carbocycles. The number of hydrogen-bond donors (Lipinski definition) is 2. The maximum Gasteiger partial charge on any atom is 0.258 e. The Morgan fingerprint density at radius 2 is 1.30 bits per heavy atom. The van der Waals surface area contributed by atoms with E-state index in [1.807, 2.05) is 6.92 Å². The van der Waals surface area contributed by atoms with E-state index < -0.39 is 5.91 Å². The fourth-order valence-corrected chi connectivity index (χ4v) is 2.98. The van der Waals surface area contributed by atoms with Crippen molar-refractivity contribution in [3.63, 3.8) is 0 Å². The van der Waals surface area contributed by atoms with E-state index in [4.69, 9.17) is 21.1 Å². The zero-order valence-corrected chi connectivity index (χ0v) is 18.7. The van der Waals surface area contributed by atoms with Gasteiger partial charge in [0, 0.05) is 21.8 Å². The van der Waals surface area contributed by atoms with Crippen LogP contribution in [0.4, 0.5) is 5.69 Å². The second-order valence-corrected chi connectivity index (χ2v) is 7.37. The molecule has 0 spiro atoms. The predicted octanol–water partition coefficient (Wildman–Crippen LogP) is 4.10. The minimum absolute atomic E-state index is 0.144. The lowest BCUT2D eigenvalue weighted by atomic mass is 10.0. The Bertz CT molecular complexity index is 1100. The average molecular weight is 467 g/mol. The van der Waals surface area contributed by atoms with E-state index in [0.29, 0.717) is 39.9 Å². The summed E-state index contributed by atoms with van der Waals surface area (Å²) in [5.74, 6) is 0.185. The van der Waals surface area contributed by atoms with E-state index in [1.165, 1.54) is 0 Å². The Labute approximate surface area is 196 Å². The van der Waals surface area contributed by atoms with Crippen LogP contribution in [0.2, 0.25) is 5.02 Å². The van der Waals surface area contributed by atoms with E-state index in [0.717, 1.165) is 0 Å². The molecule has 0 heterocycles. The number of anilines is 1. The van der Waals surface area contributed by atoms with Gasteiger partial charge in [0.05, 0.1) is 13.2 Å². The van der Waals surface area contributed by atoms with Gasteiger partial charge in [0.1, 0.15) is 11.5 Å². The molecule has 0 saturated heterocycles. The zero-order valence-electron chi connectivity index (χ0n) is 18.0. The minimum Gasteiger partial charge on any atom is -0.494 e. The molecule has 0 aliphatic rings. The maximum absolute atomic E-state index is 12.5. The number of nitrogens with one attached hydrogen (secondary N) is 2. The largest absolute Gasteiger partial charge is 0.494 e. The summed E-state index contributed by atoms with van der Waals surface area (Å²) in [6, 6.07) is 20.0. The van der Waals surface area contributed by atoms with Crippen molar-refractivity contribution in [3.8, 4) is 11.5 Å². The van der Waals surface area contributed by atoms with Gasteiger partial charge in [0.2, 0.25) is 5.91 Å². The Morgan fingerprint density at radius 1 is 0.758 bits per heavy atom. The first-order chi connectivity index (χ1) is 15.9. The summed E-state index contributed by atoms with van der Waals surface area (Å²) in [5, 5.41) is 5.74. The molecule has 2 N–H and O–H groups in total. The molecule has 3 rings (SSSR count). The van der Waals surface area contributed by atoms with Crippen LogP contribution in [0, 0.1) is 0 Å². The van der Waals surface area contributed by atoms with Crippen molar-refractivity contribution >= 4 is 34.9 Å². The first-order valence-electron chi connectivity index (χ1n) is 10.3. The van der Waals surface area contributed by atoms with Crippen LogP contribution in [0.15, 0.2) is 72.8 Å². The third-order valence-corrected chi connectivity index (χ3v) is 4.74. The highest BCUT2D eigenvalue weighted by Crippen LogP contribution is 2.17.